The number of hydrogen-bond acceptors (Lipinski definition) is 5. The summed E-state index contributed by atoms with van der Waals surface area (Å²) >= 11 is 0. The molecule has 4 rings (SSSR count). The van der Waals surface area contributed by atoms with Gasteiger partial charge >= 0.3 is 0 Å². The first kappa shape index (κ1) is 18.7. The molecule has 2 aliphatic carbocycles. The second kappa shape index (κ2) is 7.74. The summed E-state index contributed by atoms with van der Waals surface area (Å²) in [7, 11) is 0. The van der Waals surface area contributed by atoms with E-state index in [0.29, 0.717) is 0 Å². The topological polar surface area (TPSA) is 67.3 Å². The molecule has 1 N–H and O–H groups in total. The maximum atomic E-state index is 12.8. The largest absolute Gasteiger partial charge is 0.378 e. The monoisotopic (exact) mass is 372 g/mol. The highest BCUT2D eigenvalue weighted by Crippen LogP contribution is 2.40. The van der Waals surface area contributed by atoms with Crippen LogP contribution in [0.25, 0.3) is 0 Å². The van der Waals surface area contributed by atoms with Crippen LogP contribution in [-0.2, 0) is 16.0 Å². The van der Waals surface area contributed by atoms with E-state index in [1.165, 1.54) is 19.3 Å². The van der Waals surface area contributed by atoms with Crippen molar-refractivity contribution in [3.8, 4) is 0 Å². The predicted molar refractivity (Wildman–Crippen MR) is 105 cm³/mol. The van der Waals surface area contributed by atoms with Gasteiger partial charge in [-0.05, 0) is 31.1 Å². The van der Waals surface area contributed by atoms with Crippen molar-refractivity contribution in [3.05, 3.63) is 17.5 Å². The molecule has 1 amide bonds. The van der Waals surface area contributed by atoms with Crippen LogP contribution in [0.3, 0.4) is 0 Å². The van der Waals surface area contributed by atoms with Crippen LogP contribution in [-0.4, -0.2) is 42.2 Å². The Morgan fingerprint density at radius 3 is 2.70 bits per heavy atom. The molecular weight excluding hydrogens is 340 g/mol. The van der Waals surface area contributed by atoms with Gasteiger partial charge in [-0.1, -0.05) is 33.1 Å². The molecule has 1 aromatic heterocycles. The van der Waals surface area contributed by atoms with Gasteiger partial charge in [0.15, 0.2) is 0 Å². The van der Waals surface area contributed by atoms with E-state index in [-0.39, 0.29) is 23.3 Å². The van der Waals surface area contributed by atoms with Gasteiger partial charge in [0.05, 0.1) is 24.9 Å². The lowest BCUT2D eigenvalue weighted by atomic mass is 9.74. The van der Waals surface area contributed by atoms with Crippen molar-refractivity contribution in [1.29, 1.82) is 0 Å². The molecule has 2 heterocycles. The van der Waals surface area contributed by atoms with Crippen molar-refractivity contribution in [2.24, 2.45) is 11.3 Å². The molecule has 1 aliphatic heterocycles. The average molecular weight is 373 g/mol. The number of nitrogens with one attached hydrogen (secondary N) is 1. The maximum Gasteiger partial charge on any atom is 0.225 e. The second-order valence-electron chi connectivity index (χ2n) is 9.11. The minimum absolute atomic E-state index is 0.0249. The minimum Gasteiger partial charge on any atom is -0.378 e. The molecule has 27 heavy (non-hydrogen) atoms. The smallest absolute Gasteiger partial charge is 0.225 e. The molecule has 3 aliphatic rings. The van der Waals surface area contributed by atoms with Gasteiger partial charge in [0.1, 0.15) is 0 Å². The molecule has 1 saturated carbocycles. The van der Waals surface area contributed by atoms with E-state index in [4.69, 9.17) is 9.72 Å². The Kier molecular flexibility index (Phi) is 5.35. The number of nitrogens with zero attached hydrogens (tertiary/aromatic N) is 3. The van der Waals surface area contributed by atoms with Crippen LogP contribution < -0.4 is 10.2 Å². The summed E-state index contributed by atoms with van der Waals surface area (Å²) in [5, 5.41) is 3.35. The van der Waals surface area contributed by atoms with Crippen molar-refractivity contribution >= 4 is 11.9 Å². The van der Waals surface area contributed by atoms with Crippen molar-refractivity contribution in [2.75, 3.05) is 31.2 Å². The number of ether oxygens (including phenoxy) is 1. The number of carbonyl (C=O) groups is 1. The van der Waals surface area contributed by atoms with Gasteiger partial charge in [-0.15, -0.1) is 0 Å². The summed E-state index contributed by atoms with van der Waals surface area (Å²) in [6, 6.07) is 0.0249. The van der Waals surface area contributed by atoms with Gasteiger partial charge in [0.25, 0.3) is 0 Å². The molecule has 0 unspecified atom stereocenters. The third kappa shape index (κ3) is 4.26. The Labute approximate surface area is 162 Å². The van der Waals surface area contributed by atoms with Gasteiger partial charge in [-0.2, -0.15) is 0 Å². The molecular formula is C21H32N4O2. The summed E-state index contributed by atoms with van der Waals surface area (Å²) in [4.78, 5) is 24.6. The first-order valence-electron chi connectivity index (χ1n) is 10.5. The second-order valence-corrected chi connectivity index (χ2v) is 9.11. The number of amides is 1. The third-order valence-electron chi connectivity index (χ3n) is 6.25. The molecule has 6 nitrogen and oxygen atoms in total. The molecule has 1 saturated heterocycles. The van der Waals surface area contributed by atoms with Crippen LogP contribution in [0.15, 0.2) is 6.20 Å². The van der Waals surface area contributed by atoms with Crippen LogP contribution in [0.4, 0.5) is 5.95 Å². The Balaban J connectivity index is 1.54. The molecule has 0 radical (unpaired) electrons. The van der Waals surface area contributed by atoms with Crippen LogP contribution in [0, 0.1) is 11.3 Å². The number of fused-ring (bicyclic) bond motifs is 1. The summed E-state index contributed by atoms with van der Waals surface area (Å²) in [5.74, 6) is 1.20. The lowest BCUT2D eigenvalue weighted by Crippen LogP contribution is -2.41. The van der Waals surface area contributed by atoms with Crippen molar-refractivity contribution < 1.29 is 9.53 Å². The highest BCUT2D eigenvalue weighted by atomic mass is 16.5. The van der Waals surface area contributed by atoms with E-state index in [1.807, 2.05) is 6.20 Å². The summed E-state index contributed by atoms with van der Waals surface area (Å²) in [6.07, 6.45) is 9.50. The summed E-state index contributed by atoms with van der Waals surface area (Å²) < 4.78 is 5.44. The van der Waals surface area contributed by atoms with Gasteiger partial charge in [0.2, 0.25) is 11.9 Å². The van der Waals surface area contributed by atoms with E-state index < -0.39 is 0 Å². The maximum absolute atomic E-state index is 12.8. The Hall–Kier alpha value is -1.69. The number of hydrogen-bond donors (Lipinski definition) is 1. The highest BCUT2D eigenvalue weighted by Gasteiger charge is 2.36. The average Bonchev–Trinajstić information content (AvgIpc) is 2.68. The normalized spacial score (nSPS) is 25.7. The molecule has 1 atom stereocenters. The van der Waals surface area contributed by atoms with Crippen LogP contribution in [0.2, 0.25) is 0 Å². The number of rotatable bonds is 3. The van der Waals surface area contributed by atoms with Crippen molar-refractivity contribution in [3.63, 3.8) is 0 Å². The first-order chi connectivity index (χ1) is 13.0. The standard InChI is InChI=1S/C21H32N4O2/c1-21(2)12-17(23-19(26)15-6-4-3-5-7-15)16-14-22-20(24-18(16)13-21)25-8-10-27-11-9-25/h14-15,17H,3-13H2,1-2H3,(H,23,26)/t17-/m1/s1. The zero-order chi connectivity index (χ0) is 18.9. The fraction of sp³-hybridized carbons (Fsp3) is 0.762. The molecule has 1 aromatic rings. The minimum atomic E-state index is 0.0249. The van der Waals surface area contributed by atoms with Crippen LogP contribution in [0.1, 0.15) is 69.7 Å². The molecule has 0 aromatic carbocycles. The lowest BCUT2D eigenvalue weighted by Gasteiger charge is -2.38. The van der Waals surface area contributed by atoms with Crippen LogP contribution in [0.5, 0.6) is 0 Å². The number of aromatic nitrogens is 2. The number of carbonyl (C=O) groups excluding carboxylic acids is 1. The van der Waals surface area contributed by atoms with E-state index in [1.54, 1.807) is 0 Å². The quantitative estimate of drug-likeness (QED) is 0.883. The zero-order valence-electron chi connectivity index (χ0n) is 16.7. The van der Waals surface area contributed by atoms with E-state index in [0.717, 1.165) is 69.2 Å². The van der Waals surface area contributed by atoms with Crippen molar-refractivity contribution in [2.45, 2.75) is 64.8 Å². The number of anilines is 1. The fourth-order valence-corrected chi connectivity index (χ4v) is 4.74. The summed E-state index contributed by atoms with van der Waals surface area (Å²) in [5.41, 5.74) is 2.32. The Bertz CT molecular complexity index is 679. The molecule has 2 fully saturated rings. The zero-order valence-corrected chi connectivity index (χ0v) is 16.7. The SMILES string of the molecule is CC1(C)Cc2nc(N3CCOCC3)ncc2[C@H](NC(=O)C2CCCCC2)C1. The van der Waals surface area contributed by atoms with Crippen molar-refractivity contribution in [1.82, 2.24) is 15.3 Å². The van der Waals surface area contributed by atoms with Gasteiger partial charge in [-0.25, -0.2) is 9.97 Å². The molecule has 6 heteroatoms. The van der Waals surface area contributed by atoms with Gasteiger partial charge < -0.3 is 15.0 Å². The highest BCUT2D eigenvalue weighted by molar-refractivity contribution is 5.79. The Morgan fingerprint density at radius 2 is 1.96 bits per heavy atom. The van der Waals surface area contributed by atoms with E-state index in [2.05, 4.69) is 29.0 Å². The van der Waals surface area contributed by atoms with E-state index in [9.17, 15) is 4.79 Å². The molecule has 0 bridgehead atoms. The third-order valence-corrected chi connectivity index (χ3v) is 6.25. The molecule has 148 valence electrons. The predicted octanol–water partition coefficient (Wildman–Crippen LogP) is 3.02. The Morgan fingerprint density at radius 1 is 1.22 bits per heavy atom. The first-order valence-corrected chi connectivity index (χ1v) is 10.5. The van der Waals surface area contributed by atoms with Gasteiger partial charge in [-0.3, -0.25) is 4.79 Å². The lowest BCUT2D eigenvalue weighted by molar-refractivity contribution is -0.127. The molecule has 0 spiro atoms. The fourth-order valence-electron chi connectivity index (χ4n) is 4.74. The van der Waals surface area contributed by atoms with Gasteiger partial charge in [0, 0.05) is 30.8 Å². The summed E-state index contributed by atoms with van der Waals surface area (Å²) in [6.45, 7) is 7.67. The number of morpholine rings is 1. The van der Waals surface area contributed by atoms with E-state index >= 15 is 0 Å². The van der Waals surface area contributed by atoms with Crippen LogP contribution >= 0.6 is 0 Å².